The van der Waals surface area contributed by atoms with Crippen molar-refractivity contribution in [2.75, 3.05) is 24.1 Å². The van der Waals surface area contributed by atoms with E-state index in [1.54, 1.807) is 36.4 Å². The Kier molecular flexibility index (Phi) is 6.21. The number of benzene rings is 3. The van der Waals surface area contributed by atoms with E-state index in [-0.39, 0.29) is 28.9 Å². The van der Waals surface area contributed by atoms with Crippen LogP contribution in [0.15, 0.2) is 71.6 Å². The van der Waals surface area contributed by atoms with Crippen LogP contribution >= 0.6 is 11.6 Å². The number of hydrogen-bond acceptors (Lipinski definition) is 6. The van der Waals surface area contributed by atoms with Crippen LogP contribution < -0.4 is 23.8 Å². The van der Waals surface area contributed by atoms with Crippen LogP contribution in [0, 0.1) is 0 Å². The van der Waals surface area contributed by atoms with Gasteiger partial charge in [-0.3, -0.25) is 9.10 Å². The van der Waals surface area contributed by atoms with Crippen molar-refractivity contribution in [1.29, 1.82) is 0 Å². The number of nitrogens with zero attached hydrogens (tertiary/aromatic N) is 1. The van der Waals surface area contributed by atoms with Gasteiger partial charge in [0.05, 0.1) is 23.2 Å². The van der Waals surface area contributed by atoms with E-state index in [0.717, 1.165) is 5.56 Å². The highest BCUT2D eigenvalue weighted by atomic mass is 35.5. The van der Waals surface area contributed by atoms with Gasteiger partial charge in [-0.25, -0.2) is 8.42 Å². The van der Waals surface area contributed by atoms with Crippen LogP contribution in [0.3, 0.4) is 0 Å². The predicted molar refractivity (Wildman–Crippen MR) is 131 cm³/mol. The topological polar surface area (TPSA) is 94.2 Å². The van der Waals surface area contributed by atoms with E-state index in [1.165, 1.54) is 22.5 Å². The van der Waals surface area contributed by atoms with Crippen molar-refractivity contribution < 1.29 is 27.4 Å². The number of carbonyl (C=O) groups is 1. The van der Waals surface area contributed by atoms with Gasteiger partial charge in [-0.1, -0.05) is 35.9 Å². The highest BCUT2D eigenvalue weighted by Crippen LogP contribution is 2.39. The molecule has 1 amide bonds. The molecule has 3 aromatic carbocycles. The third-order valence-corrected chi connectivity index (χ3v) is 7.87. The van der Waals surface area contributed by atoms with Gasteiger partial charge in [-0.15, -0.1) is 0 Å². The fourth-order valence-corrected chi connectivity index (χ4v) is 5.68. The van der Waals surface area contributed by atoms with Gasteiger partial charge in [0.2, 0.25) is 0 Å². The van der Waals surface area contributed by atoms with Gasteiger partial charge in [0.1, 0.15) is 19.0 Å². The van der Waals surface area contributed by atoms with Crippen molar-refractivity contribution in [3.8, 4) is 17.2 Å². The second-order valence-electron chi connectivity index (χ2n) is 8.20. The van der Waals surface area contributed by atoms with Gasteiger partial charge in [0.15, 0.2) is 17.6 Å². The normalized spacial score (nSPS) is 17.7. The molecule has 0 saturated carbocycles. The lowest BCUT2D eigenvalue weighted by molar-refractivity contribution is -0.128. The average molecular weight is 515 g/mol. The van der Waals surface area contributed by atoms with Crippen molar-refractivity contribution in [1.82, 2.24) is 5.32 Å². The van der Waals surface area contributed by atoms with Crippen LogP contribution in [0.25, 0.3) is 0 Å². The summed E-state index contributed by atoms with van der Waals surface area (Å²) in [6.07, 6.45) is -1.07. The molecule has 10 heteroatoms. The minimum absolute atomic E-state index is 0.108. The second-order valence-corrected chi connectivity index (χ2v) is 10.5. The molecule has 0 radical (unpaired) electrons. The van der Waals surface area contributed by atoms with Crippen molar-refractivity contribution in [2.24, 2.45) is 0 Å². The van der Waals surface area contributed by atoms with Gasteiger partial charge in [-0.2, -0.15) is 0 Å². The Morgan fingerprint density at radius 2 is 1.71 bits per heavy atom. The van der Waals surface area contributed by atoms with E-state index < -0.39 is 22.0 Å². The first-order chi connectivity index (χ1) is 16.8. The highest BCUT2D eigenvalue weighted by Gasteiger charge is 2.38. The second kappa shape index (κ2) is 9.31. The molecule has 2 aliphatic rings. The zero-order valence-electron chi connectivity index (χ0n) is 18.8. The molecule has 2 heterocycles. The summed E-state index contributed by atoms with van der Waals surface area (Å²) < 4.78 is 45.2. The number of amides is 1. The van der Waals surface area contributed by atoms with Crippen molar-refractivity contribution in [3.63, 3.8) is 0 Å². The highest BCUT2D eigenvalue weighted by molar-refractivity contribution is 7.92. The van der Waals surface area contributed by atoms with Gasteiger partial charge in [0, 0.05) is 5.02 Å². The van der Waals surface area contributed by atoms with E-state index in [0.29, 0.717) is 29.7 Å². The van der Waals surface area contributed by atoms with E-state index in [9.17, 15) is 13.2 Å². The molecule has 182 valence electrons. The minimum Gasteiger partial charge on any atom is -0.486 e. The summed E-state index contributed by atoms with van der Waals surface area (Å²) >= 11 is 6.15. The lowest BCUT2D eigenvalue weighted by Crippen LogP contribution is -2.51. The number of nitrogens with one attached hydrogen (secondary N) is 1. The van der Waals surface area contributed by atoms with Gasteiger partial charge in [0.25, 0.3) is 15.9 Å². The smallest absolute Gasteiger partial charge is 0.264 e. The number of anilines is 1. The lowest BCUT2D eigenvalue weighted by Gasteiger charge is -2.35. The fraction of sp³-hybridized carbons (Fsp3) is 0.240. The quantitative estimate of drug-likeness (QED) is 0.554. The number of hydrogen-bond donors (Lipinski definition) is 1. The fourth-order valence-electron chi connectivity index (χ4n) is 4.03. The summed E-state index contributed by atoms with van der Waals surface area (Å²) in [7, 11) is -3.97. The Bertz CT molecular complexity index is 1370. The summed E-state index contributed by atoms with van der Waals surface area (Å²) in [4.78, 5) is 13.3. The Morgan fingerprint density at radius 1 is 1.00 bits per heavy atom. The van der Waals surface area contributed by atoms with E-state index in [2.05, 4.69) is 5.32 Å². The number of halogens is 1. The first-order valence-corrected chi connectivity index (χ1v) is 12.9. The van der Waals surface area contributed by atoms with Crippen LogP contribution in [0.4, 0.5) is 5.69 Å². The summed E-state index contributed by atoms with van der Waals surface area (Å²) in [6, 6.07) is 17.8. The maximum absolute atomic E-state index is 13.5. The molecule has 0 aromatic heterocycles. The van der Waals surface area contributed by atoms with Crippen LogP contribution in [0.5, 0.6) is 17.2 Å². The van der Waals surface area contributed by atoms with Crippen LogP contribution in [0.2, 0.25) is 5.02 Å². The summed E-state index contributed by atoms with van der Waals surface area (Å²) in [5, 5.41) is 3.28. The van der Waals surface area contributed by atoms with Crippen LogP contribution in [-0.4, -0.2) is 40.2 Å². The van der Waals surface area contributed by atoms with E-state index >= 15 is 0 Å². The molecule has 5 rings (SSSR count). The number of fused-ring (bicyclic) bond motifs is 2. The molecule has 8 nitrogen and oxygen atoms in total. The zero-order valence-corrected chi connectivity index (χ0v) is 20.4. The third-order valence-electron chi connectivity index (χ3n) is 5.84. The Labute approximate surface area is 208 Å². The van der Waals surface area contributed by atoms with Gasteiger partial charge < -0.3 is 19.5 Å². The van der Waals surface area contributed by atoms with Gasteiger partial charge >= 0.3 is 0 Å². The molecule has 1 N–H and O–H groups in total. The molecular formula is C25H23ClN2O6S. The molecule has 3 aromatic rings. The minimum atomic E-state index is -3.97. The third kappa shape index (κ3) is 4.61. The molecule has 0 saturated heterocycles. The lowest BCUT2D eigenvalue weighted by atomic mass is 10.1. The predicted octanol–water partition coefficient (Wildman–Crippen LogP) is 3.94. The Morgan fingerprint density at radius 3 is 2.49 bits per heavy atom. The zero-order chi connectivity index (χ0) is 24.6. The molecule has 0 unspecified atom stereocenters. The largest absolute Gasteiger partial charge is 0.486 e. The molecule has 0 aliphatic carbocycles. The summed E-state index contributed by atoms with van der Waals surface area (Å²) in [5.74, 6) is 1.09. The molecule has 35 heavy (non-hydrogen) atoms. The maximum Gasteiger partial charge on any atom is 0.264 e. The number of ether oxygens (including phenoxy) is 3. The van der Waals surface area contributed by atoms with Gasteiger partial charge in [-0.05, 0) is 55.0 Å². The first kappa shape index (κ1) is 23.3. The molecular weight excluding hydrogens is 492 g/mol. The summed E-state index contributed by atoms with van der Waals surface area (Å²) in [5.41, 5.74) is 1.10. The number of carbonyl (C=O) groups excluding carboxylic acids is 1. The van der Waals surface area contributed by atoms with Crippen molar-refractivity contribution >= 4 is 33.2 Å². The molecule has 0 bridgehead atoms. The SMILES string of the molecule is C[C@@H](NC(=O)[C@@H]1CN(S(=O)(=O)c2ccccc2)c2cc(Cl)ccc2O1)c1ccc2c(c1)OCCO2. The van der Waals surface area contributed by atoms with Crippen molar-refractivity contribution in [3.05, 3.63) is 77.3 Å². The van der Waals surface area contributed by atoms with Crippen molar-refractivity contribution in [2.45, 2.75) is 24.0 Å². The number of sulfonamides is 1. The number of rotatable bonds is 5. The summed E-state index contributed by atoms with van der Waals surface area (Å²) in [6.45, 7) is 2.58. The van der Waals surface area contributed by atoms with Crippen LogP contribution in [-0.2, 0) is 14.8 Å². The standard InChI is InChI=1S/C25H23ClN2O6S/c1-16(17-7-9-22-23(13-17)33-12-11-32-22)27-25(29)24-15-28(20-14-18(26)8-10-21(20)34-24)35(30,31)19-5-3-2-4-6-19/h2-10,13-14,16,24H,11-12,15H2,1H3,(H,27,29)/t16-,24+/m1/s1. The molecule has 0 spiro atoms. The van der Waals surface area contributed by atoms with E-state index in [4.69, 9.17) is 25.8 Å². The maximum atomic E-state index is 13.5. The average Bonchev–Trinajstić information content (AvgIpc) is 2.88. The Balaban J connectivity index is 1.40. The molecule has 2 aliphatic heterocycles. The van der Waals surface area contributed by atoms with E-state index in [1.807, 2.05) is 19.1 Å². The Hall–Kier alpha value is -3.43. The molecule has 2 atom stereocenters. The first-order valence-electron chi connectivity index (χ1n) is 11.1. The van der Waals surface area contributed by atoms with Crippen LogP contribution in [0.1, 0.15) is 18.5 Å². The molecule has 0 fully saturated rings. The monoisotopic (exact) mass is 514 g/mol.